The van der Waals surface area contributed by atoms with Crippen LogP contribution in [0.25, 0.3) is 0 Å². The highest BCUT2D eigenvalue weighted by atomic mass is 16.5. The fraction of sp³-hybridized carbons (Fsp3) is 0.846. The van der Waals surface area contributed by atoms with Crippen LogP contribution in [0.4, 0.5) is 0 Å². The molecule has 0 aromatic carbocycles. The van der Waals surface area contributed by atoms with Gasteiger partial charge >= 0.3 is 0 Å². The molecule has 5 heteroatoms. The Morgan fingerprint density at radius 2 is 2.00 bits per heavy atom. The van der Waals surface area contributed by atoms with Crippen molar-refractivity contribution in [1.29, 1.82) is 0 Å². The lowest BCUT2D eigenvalue weighted by molar-refractivity contribution is 0.0130. The molecule has 1 saturated heterocycles. The number of ether oxygens (including phenoxy) is 1. The van der Waals surface area contributed by atoms with E-state index in [-0.39, 0.29) is 6.10 Å². The quantitative estimate of drug-likeness (QED) is 0.829. The Bertz CT molecular complexity index is 370. The Balaban J connectivity index is 1.42. The van der Waals surface area contributed by atoms with Gasteiger partial charge in [-0.05, 0) is 32.1 Å². The lowest BCUT2D eigenvalue weighted by atomic mass is 10.1. The first-order valence-electron chi connectivity index (χ1n) is 7.06. The molecule has 1 saturated carbocycles. The van der Waals surface area contributed by atoms with Gasteiger partial charge in [0.2, 0.25) is 11.8 Å². The summed E-state index contributed by atoms with van der Waals surface area (Å²) >= 11 is 0. The molecule has 5 nitrogen and oxygen atoms in total. The van der Waals surface area contributed by atoms with E-state index in [9.17, 15) is 0 Å². The third-order valence-electron chi connectivity index (χ3n) is 3.53. The zero-order valence-electron chi connectivity index (χ0n) is 10.7. The predicted molar refractivity (Wildman–Crippen MR) is 66.3 cm³/mol. The number of rotatable bonds is 6. The van der Waals surface area contributed by atoms with Crippen LogP contribution in [0.5, 0.6) is 0 Å². The average molecular weight is 251 g/mol. The van der Waals surface area contributed by atoms with E-state index in [1.165, 1.54) is 25.7 Å². The standard InChI is InChI=1S/C13H21N3O2/c1-2-8-17-11(3-1)9-13-16-15-12(18-13)6-7-14-10-4-5-10/h10-11,14H,1-9H2. The van der Waals surface area contributed by atoms with Gasteiger partial charge in [-0.3, -0.25) is 0 Å². The molecule has 1 N–H and O–H groups in total. The molecule has 2 aliphatic rings. The fourth-order valence-electron chi connectivity index (χ4n) is 2.31. The van der Waals surface area contributed by atoms with Crippen LogP contribution in [0.15, 0.2) is 4.42 Å². The Morgan fingerprint density at radius 3 is 2.78 bits per heavy atom. The molecule has 1 aliphatic heterocycles. The molecule has 2 heterocycles. The highest BCUT2D eigenvalue weighted by Gasteiger charge is 2.20. The van der Waals surface area contributed by atoms with Gasteiger partial charge in [0.05, 0.1) is 12.5 Å². The lowest BCUT2D eigenvalue weighted by Gasteiger charge is -2.20. The molecular formula is C13H21N3O2. The van der Waals surface area contributed by atoms with Gasteiger partial charge in [0.15, 0.2) is 0 Å². The molecule has 0 spiro atoms. The average Bonchev–Trinajstić information content (AvgIpc) is 3.11. The minimum Gasteiger partial charge on any atom is -0.425 e. The SMILES string of the molecule is C1CCC(Cc2nnc(CCNC3CC3)o2)OC1. The van der Waals surface area contributed by atoms with Crippen LogP contribution in [0.1, 0.15) is 43.9 Å². The van der Waals surface area contributed by atoms with Crippen LogP contribution in [0.2, 0.25) is 0 Å². The number of nitrogens with zero attached hydrogens (tertiary/aromatic N) is 2. The Morgan fingerprint density at radius 1 is 1.11 bits per heavy atom. The van der Waals surface area contributed by atoms with Gasteiger partial charge in [0, 0.05) is 25.6 Å². The van der Waals surface area contributed by atoms with E-state index in [0.29, 0.717) is 0 Å². The minimum absolute atomic E-state index is 0.275. The molecule has 1 atom stereocenters. The van der Waals surface area contributed by atoms with Crippen LogP contribution in [0, 0.1) is 0 Å². The van der Waals surface area contributed by atoms with Gasteiger partial charge in [0.25, 0.3) is 0 Å². The molecule has 0 amide bonds. The maximum Gasteiger partial charge on any atom is 0.219 e. The highest BCUT2D eigenvalue weighted by Crippen LogP contribution is 2.19. The summed E-state index contributed by atoms with van der Waals surface area (Å²) in [5, 5.41) is 11.6. The van der Waals surface area contributed by atoms with Crippen molar-refractivity contribution in [3.8, 4) is 0 Å². The second kappa shape index (κ2) is 5.80. The van der Waals surface area contributed by atoms with Crippen molar-refractivity contribution < 1.29 is 9.15 Å². The van der Waals surface area contributed by atoms with Crippen molar-refractivity contribution in [2.24, 2.45) is 0 Å². The van der Waals surface area contributed by atoms with Crippen LogP contribution < -0.4 is 5.32 Å². The van der Waals surface area contributed by atoms with Crippen LogP contribution in [-0.2, 0) is 17.6 Å². The smallest absolute Gasteiger partial charge is 0.219 e. The molecule has 100 valence electrons. The molecule has 2 fully saturated rings. The van der Waals surface area contributed by atoms with Crippen molar-refractivity contribution in [3.63, 3.8) is 0 Å². The summed E-state index contributed by atoms with van der Waals surface area (Å²) in [5.74, 6) is 1.47. The fourth-order valence-corrected chi connectivity index (χ4v) is 2.31. The first-order chi connectivity index (χ1) is 8.90. The molecular weight excluding hydrogens is 230 g/mol. The maximum atomic E-state index is 5.67. The zero-order valence-corrected chi connectivity index (χ0v) is 10.7. The molecule has 1 aromatic rings. The van der Waals surface area contributed by atoms with Gasteiger partial charge in [-0.25, -0.2) is 0 Å². The van der Waals surface area contributed by atoms with E-state index in [0.717, 1.165) is 50.2 Å². The van der Waals surface area contributed by atoms with Crippen molar-refractivity contribution in [2.75, 3.05) is 13.2 Å². The number of nitrogens with one attached hydrogen (secondary N) is 1. The highest BCUT2D eigenvalue weighted by molar-refractivity contribution is 4.87. The summed E-state index contributed by atoms with van der Waals surface area (Å²) < 4.78 is 11.3. The molecule has 0 radical (unpaired) electrons. The van der Waals surface area contributed by atoms with Crippen molar-refractivity contribution in [3.05, 3.63) is 11.8 Å². The number of hydrogen-bond donors (Lipinski definition) is 1. The lowest BCUT2D eigenvalue weighted by Crippen LogP contribution is -2.21. The third-order valence-corrected chi connectivity index (χ3v) is 3.53. The van der Waals surface area contributed by atoms with E-state index in [1.54, 1.807) is 0 Å². The Labute approximate surface area is 107 Å². The van der Waals surface area contributed by atoms with Gasteiger partial charge in [-0.15, -0.1) is 10.2 Å². The van der Waals surface area contributed by atoms with Crippen LogP contribution in [0.3, 0.4) is 0 Å². The molecule has 1 unspecified atom stereocenters. The summed E-state index contributed by atoms with van der Waals surface area (Å²) in [6.45, 7) is 1.81. The van der Waals surface area contributed by atoms with Gasteiger partial charge in [-0.1, -0.05) is 0 Å². The van der Waals surface area contributed by atoms with Crippen LogP contribution in [-0.4, -0.2) is 35.5 Å². The van der Waals surface area contributed by atoms with Gasteiger partial charge < -0.3 is 14.5 Å². The van der Waals surface area contributed by atoms with Crippen molar-refractivity contribution >= 4 is 0 Å². The van der Waals surface area contributed by atoms with Gasteiger partial charge in [0.1, 0.15) is 0 Å². The first-order valence-corrected chi connectivity index (χ1v) is 7.06. The summed E-state index contributed by atoms with van der Waals surface area (Å²) in [6, 6.07) is 0.739. The Kier molecular flexibility index (Phi) is 3.90. The second-order valence-corrected chi connectivity index (χ2v) is 5.26. The Hall–Kier alpha value is -0.940. The zero-order chi connectivity index (χ0) is 12.2. The molecule has 1 aliphatic carbocycles. The van der Waals surface area contributed by atoms with E-state index in [2.05, 4.69) is 15.5 Å². The summed E-state index contributed by atoms with van der Waals surface area (Å²) in [4.78, 5) is 0. The van der Waals surface area contributed by atoms with Crippen molar-refractivity contribution in [2.45, 2.75) is 57.1 Å². The van der Waals surface area contributed by atoms with Crippen molar-refractivity contribution in [1.82, 2.24) is 15.5 Å². The minimum atomic E-state index is 0.275. The van der Waals surface area contributed by atoms with E-state index < -0.39 is 0 Å². The largest absolute Gasteiger partial charge is 0.425 e. The topological polar surface area (TPSA) is 60.2 Å². The third kappa shape index (κ3) is 3.53. The molecule has 3 rings (SSSR count). The maximum absolute atomic E-state index is 5.67. The summed E-state index contributed by atoms with van der Waals surface area (Å²) in [6.07, 6.45) is 8.04. The van der Waals surface area contributed by atoms with Gasteiger partial charge in [-0.2, -0.15) is 0 Å². The number of aromatic nitrogens is 2. The molecule has 1 aromatic heterocycles. The molecule has 18 heavy (non-hydrogen) atoms. The van der Waals surface area contributed by atoms with E-state index in [4.69, 9.17) is 9.15 Å². The molecule has 0 bridgehead atoms. The second-order valence-electron chi connectivity index (χ2n) is 5.26. The summed E-state index contributed by atoms with van der Waals surface area (Å²) in [7, 11) is 0. The normalized spacial score (nSPS) is 24.3. The summed E-state index contributed by atoms with van der Waals surface area (Å²) in [5.41, 5.74) is 0. The predicted octanol–water partition coefficient (Wildman–Crippen LogP) is 1.48. The monoisotopic (exact) mass is 251 g/mol. The van der Waals surface area contributed by atoms with E-state index in [1.807, 2.05) is 0 Å². The van der Waals surface area contributed by atoms with Crippen LogP contribution >= 0.6 is 0 Å². The first kappa shape index (κ1) is 12.1. The van der Waals surface area contributed by atoms with E-state index >= 15 is 0 Å². The number of hydrogen-bond acceptors (Lipinski definition) is 5.